The first kappa shape index (κ1) is 15.6. The molecule has 2 rings (SSSR count). The van der Waals surface area contributed by atoms with Gasteiger partial charge < -0.3 is 5.11 Å². The molecule has 1 aromatic carbocycles. The van der Waals surface area contributed by atoms with Gasteiger partial charge in [0.25, 0.3) is 0 Å². The molecule has 0 aliphatic heterocycles. The van der Waals surface area contributed by atoms with Gasteiger partial charge in [0.15, 0.2) is 0 Å². The van der Waals surface area contributed by atoms with Crippen LogP contribution in [-0.2, 0) is 12.8 Å². The van der Waals surface area contributed by atoms with E-state index in [0.717, 1.165) is 31.6 Å². The molecule has 0 spiro atoms. The van der Waals surface area contributed by atoms with Crippen molar-refractivity contribution in [3.8, 4) is 0 Å². The normalized spacial score (nSPS) is 26.9. The van der Waals surface area contributed by atoms with E-state index >= 15 is 0 Å². The summed E-state index contributed by atoms with van der Waals surface area (Å²) in [6.07, 6.45) is 7.61. The maximum atomic E-state index is 10.9. The van der Waals surface area contributed by atoms with Crippen LogP contribution in [-0.4, -0.2) is 10.7 Å². The van der Waals surface area contributed by atoms with Crippen LogP contribution in [0, 0.1) is 11.8 Å². The lowest BCUT2D eigenvalue weighted by Gasteiger charge is -2.37. The monoisotopic (exact) mass is 274 g/mol. The first-order valence-electron chi connectivity index (χ1n) is 8.31. The van der Waals surface area contributed by atoms with Crippen LogP contribution >= 0.6 is 0 Å². The second kappa shape index (κ2) is 6.76. The highest BCUT2D eigenvalue weighted by Crippen LogP contribution is 2.37. The highest BCUT2D eigenvalue weighted by Gasteiger charge is 2.34. The Morgan fingerprint density at radius 3 is 2.45 bits per heavy atom. The topological polar surface area (TPSA) is 20.2 Å². The van der Waals surface area contributed by atoms with Gasteiger partial charge in [-0.1, -0.05) is 57.9 Å². The molecule has 2 unspecified atom stereocenters. The Bertz CT molecular complexity index is 406. The van der Waals surface area contributed by atoms with E-state index in [1.165, 1.54) is 30.4 Å². The van der Waals surface area contributed by atoms with Gasteiger partial charge in [0.2, 0.25) is 0 Å². The fraction of sp³-hybridized carbons (Fsp3) is 0.684. The van der Waals surface area contributed by atoms with Crippen LogP contribution in [0.5, 0.6) is 0 Å². The molecule has 0 saturated heterocycles. The van der Waals surface area contributed by atoms with Crippen molar-refractivity contribution >= 4 is 0 Å². The zero-order valence-electron chi connectivity index (χ0n) is 13.4. The Morgan fingerprint density at radius 1 is 1.20 bits per heavy atom. The lowest BCUT2D eigenvalue weighted by molar-refractivity contribution is -0.0189. The lowest BCUT2D eigenvalue weighted by Crippen LogP contribution is -2.37. The van der Waals surface area contributed by atoms with Crippen molar-refractivity contribution in [3.63, 3.8) is 0 Å². The minimum absolute atomic E-state index is 0.467. The van der Waals surface area contributed by atoms with Gasteiger partial charge in [-0.3, -0.25) is 0 Å². The SMILES string of the molecule is CCc1ccc(CC2(O)CCCC(CC(C)C)C2)cc1. The molecule has 1 aliphatic carbocycles. The zero-order chi connectivity index (χ0) is 14.6. The van der Waals surface area contributed by atoms with Gasteiger partial charge in [0.05, 0.1) is 5.60 Å². The Kier molecular flexibility index (Phi) is 5.26. The summed E-state index contributed by atoms with van der Waals surface area (Å²) >= 11 is 0. The van der Waals surface area contributed by atoms with Crippen molar-refractivity contribution in [3.05, 3.63) is 35.4 Å². The predicted molar refractivity (Wildman–Crippen MR) is 85.9 cm³/mol. The van der Waals surface area contributed by atoms with E-state index in [9.17, 15) is 5.11 Å². The molecule has 1 heteroatoms. The van der Waals surface area contributed by atoms with Crippen LogP contribution in [0.4, 0.5) is 0 Å². The Morgan fingerprint density at radius 2 is 1.85 bits per heavy atom. The molecule has 0 heterocycles. The van der Waals surface area contributed by atoms with Crippen molar-refractivity contribution in [2.45, 2.75) is 71.3 Å². The third-order valence-corrected chi connectivity index (χ3v) is 4.69. The van der Waals surface area contributed by atoms with E-state index in [1.54, 1.807) is 0 Å². The van der Waals surface area contributed by atoms with E-state index in [-0.39, 0.29) is 0 Å². The van der Waals surface area contributed by atoms with Crippen LogP contribution in [0.2, 0.25) is 0 Å². The van der Waals surface area contributed by atoms with Gasteiger partial charge in [0.1, 0.15) is 0 Å². The van der Waals surface area contributed by atoms with Crippen LogP contribution in [0.1, 0.15) is 64.0 Å². The number of aliphatic hydroxyl groups is 1. The lowest BCUT2D eigenvalue weighted by atomic mass is 9.73. The van der Waals surface area contributed by atoms with E-state index in [0.29, 0.717) is 5.92 Å². The molecule has 0 bridgehead atoms. The summed E-state index contributed by atoms with van der Waals surface area (Å²) in [6, 6.07) is 8.80. The summed E-state index contributed by atoms with van der Waals surface area (Å²) in [7, 11) is 0. The van der Waals surface area contributed by atoms with E-state index in [1.807, 2.05) is 0 Å². The van der Waals surface area contributed by atoms with E-state index in [4.69, 9.17) is 0 Å². The third-order valence-electron chi connectivity index (χ3n) is 4.69. The first-order chi connectivity index (χ1) is 9.50. The molecule has 1 fully saturated rings. The number of rotatable bonds is 5. The molecular formula is C19H30O. The van der Waals surface area contributed by atoms with E-state index < -0.39 is 5.60 Å². The quantitative estimate of drug-likeness (QED) is 0.821. The molecule has 0 radical (unpaired) electrons. The Labute approximate surface area is 124 Å². The summed E-state index contributed by atoms with van der Waals surface area (Å²) < 4.78 is 0. The average molecular weight is 274 g/mol. The molecule has 0 aromatic heterocycles. The Balaban J connectivity index is 1.98. The summed E-state index contributed by atoms with van der Waals surface area (Å²) in [6.45, 7) is 6.76. The fourth-order valence-corrected chi connectivity index (χ4v) is 3.76. The second-order valence-corrected chi connectivity index (χ2v) is 7.16. The van der Waals surface area contributed by atoms with Crippen molar-refractivity contribution in [2.24, 2.45) is 11.8 Å². The van der Waals surface area contributed by atoms with Crippen LogP contribution in [0.25, 0.3) is 0 Å². The molecule has 1 saturated carbocycles. The number of benzene rings is 1. The molecule has 1 aliphatic rings. The highest BCUT2D eigenvalue weighted by molar-refractivity contribution is 5.24. The molecule has 20 heavy (non-hydrogen) atoms. The van der Waals surface area contributed by atoms with Gasteiger partial charge in [-0.15, -0.1) is 0 Å². The first-order valence-corrected chi connectivity index (χ1v) is 8.31. The molecule has 2 atom stereocenters. The number of aryl methyl sites for hydroxylation is 1. The van der Waals surface area contributed by atoms with Gasteiger partial charge in [-0.25, -0.2) is 0 Å². The van der Waals surface area contributed by atoms with Gasteiger partial charge in [-0.2, -0.15) is 0 Å². The number of hydrogen-bond acceptors (Lipinski definition) is 1. The minimum Gasteiger partial charge on any atom is -0.390 e. The van der Waals surface area contributed by atoms with Crippen molar-refractivity contribution in [1.29, 1.82) is 0 Å². The summed E-state index contributed by atoms with van der Waals surface area (Å²) in [5.74, 6) is 1.45. The van der Waals surface area contributed by atoms with Crippen molar-refractivity contribution < 1.29 is 5.11 Å². The van der Waals surface area contributed by atoms with Gasteiger partial charge in [-0.05, 0) is 48.6 Å². The molecule has 1 N–H and O–H groups in total. The van der Waals surface area contributed by atoms with E-state index in [2.05, 4.69) is 45.0 Å². The number of hydrogen-bond donors (Lipinski definition) is 1. The Hall–Kier alpha value is -0.820. The zero-order valence-corrected chi connectivity index (χ0v) is 13.4. The third kappa shape index (κ3) is 4.34. The second-order valence-electron chi connectivity index (χ2n) is 7.16. The maximum absolute atomic E-state index is 10.9. The molecular weight excluding hydrogens is 244 g/mol. The van der Waals surface area contributed by atoms with Crippen LogP contribution in [0.3, 0.4) is 0 Å². The summed E-state index contributed by atoms with van der Waals surface area (Å²) in [4.78, 5) is 0. The standard InChI is InChI=1S/C19H30O/c1-4-16-7-9-17(10-8-16)13-19(20)11-5-6-18(14-19)12-15(2)3/h7-10,15,18,20H,4-6,11-14H2,1-3H3. The molecule has 112 valence electrons. The smallest absolute Gasteiger partial charge is 0.0690 e. The molecule has 1 aromatic rings. The highest BCUT2D eigenvalue weighted by atomic mass is 16.3. The summed E-state index contributed by atoms with van der Waals surface area (Å²) in [5.41, 5.74) is 2.20. The molecule has 1 nitrogen and oxygen atoms in total. The largest absolute Gasteiger partial charge is 0.390 e. The predicted octanol–water partition coefficient (Wildman–Crippen LogP) is 4.76. The van der Waals surface area contributed by atoms with Gasteiger partial charge >= 0.3 is 0 Å². The fourth-order valence-electron chi connectivity index (χ4n) is 3.76. The van der Waals surface area contributed by atoms with Crippen molar-refractivity contribution in [2.75, 3.05) is 0 Å². The van der Waals surface area contributed by atoms with Crippen LogP contribution < -0.4 is 0 Å². The maximum Gasteiger partial charge on any atom is 0.0690 e. The average Bonchev–Trinajstić information content (AvgIpc) is 2.38. The minimum atomic E-state index is -0.467. The summed E-state index contributed by atoms with van der Waals surface area (Å²) in [5, 5.41) is 10.9. The van der Waals surface area contributed by atoms with Gasteiger partial charge in [0, 0.05) is 6.42 Å². The molecule has 0 amide bonds. The van der Waals surface area contributed by atoms with Crippen LogP contribution in [0.15, 0.2) is 24.3 Å². The van der Waals surface area contributed by atoms with Crippen molar-refractivity contribution in [1.82, 2.24) is 0 Å².